The van der Waals surface area contributed by atoms with Gasteiger partial charge in [0.05, 0.1) is 45.6 Å². The second kappa shape index (κ2) is 37.4. The molecule has 150 heavy (non-hydrogen) atoms. The van der Waals surface area contributed by atoms with Gasteiger partial charge in [0, 0.05) is 99.8 Å². The van der Waals surface area contributed by atoms with Crippen LogP contribution >= 0.6 is 0 Å². The number of aromatic nitrogens is 8. The average molecular weight is 1980 g/mol. The van der Waals surface area contributed by atoms with Gasteiger partial charge < -0.3 is 19.9 Å². The van der Waals surface area contributed by atoms with Crippen LogP contribution in [0.2, 0.25) is 0 Å². The molecule has 0 saturated heterocycles. The Hall–Kier alpha value is -13.3. The molecule has 10 heterocycles. The predicted molar refractivity (Wildman–Crippen MR) is 652 cm³/mol. The normalized spacial score (nSPS) is 13.9. The minimum atomic E-state index is -0.239. The van der Waals surface area contributed by atoms with Crippen molar-refractivity contribution in [2.24, 2.45) is 0 Å². The molecule has 0 unspecified atom stereocenters. The van der Waals surface area contributed by atoms with Crippen LogP contribution in [0, 0.1) is 27.7 Å². The Bertz CT molecular complexity index is 7680. The van der Waals surface area contributed by atoms with Crippen LogP contribution in [0.5, 0.6) is 0 Å². The summed E-state index contributed by atoms with van der Waals surface area (Å²) in [7, 11) is 0. The van der Waals surface area contributed by atoms with Crippen LogP contribution in [0.15, 0.2) is 194 Å². The molecule has 0 saturated carbocycles. The van der Waals surface area contributed by atoms with Gasteiger partial charge in [-0.3, -0.25) is 0 Å². The van der Waals surface area contributed by atoms with Gasteiger partial charge in [0.25, 0.3) is 0 Å². The lowest BCUT2D eigenvalue weighted by Gasteiger charge is -2.26. The van der Waals surface area contributed by atoms with Crippen molar-refractivity contribution < 1.29 is 0 Å². The van der Waals surface area contributed by atoms with Crippen LogP contribution in [0.3, 0.4) is 0 Å². The lowest BCUT2D eigenvalue weighted by atomic mass is 9.78. The number of rotatable bonds is 10. The molecule has 6 aromatic heterocycles. The standard InChI is InChI=1S/C142H164N8/c1-81-55-82(2)58-85(57-81)107-79-121-127(91-69-101(139(29,30)31)77-102(70-91)140(32,33)34)119-53-51-117(147-119)125(89-65-97(135(17,18)19)75-98(66-89)136(20,21)22)115-49-47-113(145-115)123(87-61-93(131(5,6)7)73-94(62-87)132(8,9)10)111-45-43-109(143-111)105(129(107)149-121)41-42-106-110-44-46-112(144-110)124(88-63-95(133(11,12)13)74-96(64-88)134(14,15)16)114-48-50-116(146-114)126(90-67-99(137(23,24)25)76-100(68-90)138(26,27)28)118-52-54-120(148-118)128(92-71-103(141(35,36)37)78-104(72-92)142(38,39)40)122-80-108(130(106)150-122)86-59-83(3)56-84(4)60-86/h41-80,143-144,147-148H,1-40H3. The fourth-order valence-corrected chi connectivity index (χ4v) is 21.5. The molecule has 8 nitrogen and oxygen atoms in total. The molecule has 0 radical (unpaired) electrons. The number of hydrogen-bond acceptors (Lipinski definition) is 4. The number of aryl methyl sites for hydroxylation is 4. The SMILES string of the molecule is Cc1cc(C)cc(C2=Cc3nc2c(C=Cc2c4nc(c(-c5cc(C(C)(C)C)cc(C(C)(C)C)c5)c5ccc([nH]5)c(-c5cc(C(C)(C)C)cc(C(C)(C)C)c5)c5nc(c(-c6cc(C(C)(C)C)cc(C(C)(C)C)c6)c6ccc2[nH]6)C=C5)C=C4c2cc(C)cc(C)c2)c2ccc([nH]2)c(-c2cc(C(C)(C)C)cc(C(C)(C)C)c2)c2nc(c(-c4cc(C(C)(C)C)cc(C(C)(C)C)c4)c4ccc([nH]4)c3-c3cc(C(C)(C)C)cc(C(C)(C)C)c3)C=C2)c1. The molecule has 772 valence electrons. The topological polar surface area (TPSA) is 115 Å². The molecule has 0 atom stereocenters. The molecule has 0 spiro atoms. The van der Waals surface area contributed by atoms with Crippen LogP contribution in [0.25, 0.3) is 171 Å². The maximum absolute atomic E-state index is 6.49. The number of nitrogens with zero attached hydrogens (tertiary/aromatic N) is 4. The first kappa shape index (κ1) is 107. The lowest BCUT2D eigenvalue weighted by Crippen LogP contribution is -2.16. The van der Waals surface area contributed by atoms with E-state index >= 15 is 0 Å². The van der Waals surface area contributed by atoms with E-state index in [1.807, 2.05) is 0 Å². The zero-order valence-corrected chi connectivity index (χ0v) is 97.9. The Morgan fingerprint density at radius 3 is 0.507 bits per heavy atom. The molecule has 8 heteroatoms. The van der Waals surface area contributed by atoms with Crippen molar-refractivity contribution in [3.8, 4) is 66.8 Å². The molecule has 8 aromatic carbocycles. The highest BCUT2D eigenvalue weighted by Crippen LogP contribution is 2.51. The molecule has 4 aliphatic heterocycles. The number of hydrogen-bond donors (Lipinski definition) is 4. The molecule has 18 rings (SSSR count). The smallest absolute Gasteiger partial charge is 0.0809 e. The van der Waals surface area contributed by atoms with E-state index in [9.17, 15) is 0 Å². The quantitative estimate of drug-likeness (QED) is 0.109. The maximum atomic E-state index is 6.49. The Labute approximate surface area is 897 Å². The van der Waals surface area contributed by atoms with Crippen molar-refractivity contribution in [2.75, 3.05) is 0 Å². The molecule has 0 amide bonds. The molecule has 14 aromatic rings. The third-order valence-corrected chi connectivity index (χ3v) is 31.0. The fourth-order valence-electron chi connectivity index (χ4n) is 21.5. The van der Waals surface area contributed by atoms with Crippen molar-refractivity contribution >= 4 is 104 Å². The Morgan fingerprint density at radius 2 is 0.333 bits per heavy atom. The molecular weight excluding hydrogens is 1820 g/mol. The van der Waals surface area contributed by atoms with E-state index in [4.69, 9.17) is 19.9 Å². The van der Waals surface area contributed by atoms with Gasteiger partial charge in [-0.2, -0.15) is 0 Å². The fraction of sp³-hybridized carbons (Fsp3) is 0.366. The summed E-state index contributed by atoms with van der Waals surface area (Å²) >= 11 is 0. The van der Waals surface area contributed by atoms with Crippen LogP contribution in [0.4, 0.5) is 0 Å². The van der Waals surface area contributed by atoms with E-state index in [1.54, 1.807) is 0 Å². The van der Waals surface area contributed by atoms with Crippen molar-refractivity contribution in [3.05, 3.63) is 351 Å². The highest BCUT2D eigenvalue weighted by atomic mass is 14.8. The van der Waals surface area contributed by atoms with Gasteiger partial charge in [0.2, 0.25) is 0 Å². The van der Waals surface area contributed by atoms with E-state index in [0.29, 0.717) is 0 Å². The summed E-state index contributed by atoms with van der Waals surface area (Å²) in [6.07, 6.45) is 18.7. The third kappa shape index (κ3) is 21.6. The van der Waals surface area contributed by atoms with E-state index in [0.717, 1.165) is 212 Å². The number of nitrogens with one attached hydrogen (secondary N) is 4. The highest BCUT2D eigenvalue weighted by molar-refractivity contribution is 6.08. The highest BCUT2D eigenvalue weighted by Gasteiger charge is 2.35. The summed E-state index contributed by atoms with van der Waals surface area (Å²) in [5.41, 5.74) is 49.2. The van der Waals surface area contributed by atoms with Crippen LogP contribution in [-0.2, 0) is 65.0 Å². The largest absolute Gasteiger partial charge is 0.354 e. The molecule has 4 aliphatic rings. The van der Waals surface area contributed by atoms with E-state index in [2.05, 4.69) is 540 Å². The van der Waals surface area contributed by atoms with Crippen molar-refractivity contribution in [2.45, 2.75) is 342 Å². The minimum absolute atomic E-state index is 0.190. The first-order valence-corrected chi connectivity index (χ1v) is 54.7. The second-order valence-electron chi connectivity index (χ2n) is 56.3. The lowest BCUT2D eigenvalue weighted by molar-refractivity contribution is 0.568. The van der Waals surface area contributed by atoms with Gasteiger partial charge >= 0.3 is 0 Å². The molecular formula is C142H164N8. The average Bonchev–Trinajstić information content (AvgIpc) is 1.59. The Morgan fingerprint density at radius 1 is 0.173 bits per heavy atom. The number of aromatic amines is 4. The van der Waals surface area contributed by atoms with Crippen LogP contribution < -0.4 is 0 Å². The third-order valence-electron chi connectivity index (χ3n) is 31.0. The maximum Gasteiger partial charge on any atom is 0.0809 e. The monoisotopic (exact) mass is 1980 g/mol. The van der Waals surface area contributed by atoms with Gasteiger partial charge in [-0.25, -0.2) is 19.9 Å². The summed E-state index contributed by atoms with van der Waals surface area (Å²) in [6.45, 7) is 93.3. The molecule has 0 fully saturated rings. The van der Waals surface area contributed by atoms with Gasteiger partial charge in [0.1, 0.15) is 0 Å². The van der Waals surface area contributed by atoms with E-state index in [1.165, 1.54) is 66.8 Å². The van der Waals surface area contributed by atoms with Crippen molar-refractivity contribution in [1.82, 2.24) is 39.9 Å². The summed E-state index contributed by atoms with van der Waals surface area (Å²) in [4.78, 5) is 42.6. The summed E-state index contributed by atoms with van der Waals surface area (Å²) < 4.78 is 0. The summed E-state index contributed by atoms with van der Waals surface area (Å²) in [6, 6.07) is 76.5. The van der Waals surface area contributed by atoms with Crippen LogP contribution in [-0.4, -0.2) is 39.9 Å². The molecule has 4 N–H and O–H groups in total. The van der Waals surface area contributed by atoms with Crippen molar-refractivity contribution in [1.29, 1.82) is 0 Å². The summed E-state index contributed by atoms with van der Waals surface area (Å²) in [5, 5.41) is 0. The number of fused-ring (bicyclic) bond motifs is 16. The zero-order chi connectivity index (χ0) is 109. The number of benzene rings is 8. The van der Waals surface area contributed by atoms with Gasteiger partial charge in [0.15, 0.2) is 0 Å². The molecule has 16 bridgehead atoms. The zero-order valence-electron chi connectivity index (χ0n) is 97.9. The second-order valence-corrected chi connectivity index (χ2v) is 56.3. The van der Waals surface area contributed by atoms with Crippen LogP contribution in [0.1, 0.15) is 406 Å². The first-order valence-electron chi connectivity index (χ1n) is 54.7. The predicted octanol–water partition coefficient (Wildman–Crippen LogP) is 39.4. The Kier molecular flexibility index (Phi) is 26.5. The Balaban J connectivity index is 1.09. The van der Waals surface area contributed by atoms with E-state index in [-0.39, 0.29) is 65.0 Å². The molecule has 0 aliphatic carbocycles. The van der Waals surface area contributed by atoms with Crippen molar-refractivity contribution in [3.63, 3.8) is 0 Å². The minimum Gasteiger partial charge on any atom is -0.354 e. The summed E-state index contributed by atoms with van der Waals surface area (Å²) in [5.74, 6) is 0. The van der Waals surface area contributed by atoms with Gasteiger partial charge in [-0.15, -0.1) is 0 Å². The first-order chi connectivity index (χ1) is 69.4. The van der Waals surface area contributed by atoms with Gasteiger partial charge in [-0.05, 0) is 301 Å². The number of H-pyrrole nitrogens is 4. The van der Waals surface area contributed by atoms with Gasteiger partial charge in [-0.1, -0.05) is 417 Å². The van der Waals surface area contributed by atoms with E-state index < -0.39 is 0 Å².